The van der Waals surface area contributed by atoms with Gasteiger partial charge in [-0.2, -0.15) is 0 Å². The fraction of sp³-hybridized carbons (Fsp3) is 0.417. The van der Waals surface area contributed by atoms with E-state index in [1.54, 1.807) is 6.07 Å². The average molecular weight is 238 g/mol. The number of ether oxygens (including phenoxy) is 1. The molecule has 0 saturated heterocycles. The van der Waals surface area contributed by atoms with Crippen molar-refractivity contribution < 1.29 is 9.53 Å². The van der Waals surface area contributed by atoms with Crippen LogP contribution in [0.5, 0.6) is 5.75 Å². The molecule has 0 aliphatic heterocycles. The van der Waals surface area contributed by atoms with Crippen LogP contribution in [0.4, 0.5) is 0 Å². The van der Waals surface area contributed by atoms with Gasteiger partial charge in [0.15, 0.2) is 0 Å². The first-order valence-corrected chi connectivity index (χ1v) is 5.66. The van der Waals surface area contributed by atoms with Gasteiger partial charge in [0.1, 0.15) is 5.75 Å². The maximum atomic E-state index is 9.97. The Hall–Kier alpha value is -1.31. The number of hydrogen-bond acceptors (Lipinski definition) is 3. The van der Waals surface area contributed by atoms with E-state index in [0.717, 1.165) is 18.4 Å². The summed E-state index contributed by atoms with van der Waals surface area (Å²) >= 11 is 6.07. The van der Waals surface area contributed by atoms with E-state index in [0.29, 0.717) is 23.4 Å². The monoisotopic (exact) mass is 237 g/mol. The molecule has 1 aliphatic rings. The van der Waals surface area contributed by atoms with Crippen LogP contribution >= 0.6 is 11.6 Å². The zero-order valence-electron chi connectivity index (χ0n) is 8.78. The highest BCUT2D eigenvalue weighted by molar-refractivity contribution is 6.32. The molecule has 1 aromatic carbocycles. The lowest BCUT2D eigenvalue weighted by Crippen LogP contribution is -2.24. The minimum atomic E-state index is 0.312. The zero-order valence-corrected chi connectivity index (χ0v) is 9.54. The second kappa shape index (κ2) is 5.15. The van der Waals surface area contributed by atoms with Gasteiger partial charge in [-0.15, -0.1) is 0 Å². The SMILES string of the molecule is O=C=NCc1ccc(OC2CCC2)c(Cl)c1. The Kier molecular flexibility index (Phi) is 3.60. The lowest BCUT2D eigenvalue weighted by atomic mass is 9.96. The van der Waals surface area contributed by atoms with Crippen LogP contribution in [0.15, 0.2) is 23.2 Å². The Balaban J connectivity index is 2.05. The Bertz CT molecular complexity index is 423. The summed E-state index contributed by atoms with van der Waals surface area (Å²) in [7, 11) is 0. The third kappa shape index (κ3) is 2.63. The van der Waals surface area contributed by atoms with Crippen molar-refractivity contribution in [3.8, 4) is 5.75 Å². The molecule has 0 heterocycles. The van der Waals surface area contributed by atoms with Crippen LogP contribution in [0.25, 0.3) is 0 Å². The number of rotatable bonds is 4. The molecule has 1 saturated carbocycles. The van der Waals surface area contributed by atoms with E-state index in [1.807, 2.05) is 12.1 Å². The second-order valence-electron chi connectivity index (χ2n) is 3.84. The number of aliphatic imine (C=N–C) groups is 1. The molecule has 0 radical (unpaired) electrons. The normalized spacial score (nSPS) is 15.1. The van der Waals surface area contributed by atoms with E-state index < -0.39 is 0 Å². The first-order chi connectivity index (χ1) is 7.79. The maximum Gasteiger partial charge on any atom is 0.235 e. The van der Waals surface area contributed by atoms with E-state index in [4.69, 9.17) is 16.3 Å². The fourth-order valence-electron chi connectivity index (χ4n) is 1.53. The van der Waals surface area contributed by atoms with Crippen LogP contribution in [0.2, 0.25) is 5.02 Å². The van der Waals surface area contributed by atoms with E-state index in [1.165, 1.54) is 12.5 Å². The molecule has 0 bridgehead atoms. The molecular weight excluding hydrogens is 226 g/mol. The van der Waals surface area contributed by atoms with Gasteiger partial charge in [0.05, 0.1) is 17.7 Å². The third-order valence-electron chi connectivity index (χ3n) is 2.67. The molecule has 0 amide bonds. The van der Waals surface area contributed by atoms with E-state index in [-0.39, 0.29) is 0 Å². The molecule has 0 spiro atoms. The summed E-state index contributed by atoms with van der Waals surface area (Å²) in [6.07, 6.45) is 5.26. The Labute approximate surface area is 99.1 Å². The van der Waals surface area contributed by atoms with Crippen LogP contribution < -0.4 is 4.74 Å². The van der Waals surface area contributed by atoms with Crippen molar-refractivity contribution in [2.24, 2.45) is 4.99 Å². The van der Waals surface area contributed by atoms with Crippen molar-refractivity contribution in [2.75, 3.05) is 0 Å². The van der Waals surface area contributed by atoms with Crippen molar-refractivity contribution in [1.29, 1.82) is 0 Å². The number of halogens is 1. The fourth-order valence-corrected chi connectivity index (χ4v) is 1.78. The maximum absolute atomic E-state index is 9.97. The van der Waals surface area contributed by atoms with Crippen molar-refractivity contribution >= 4 is 17.7 Å². The van der Waals surface area contributed by atoms with Gasteiger partial charge < -0.3 is 4.74 Å². The quantitative estimate of drug-likeness (QED) is 0.596. The van der Waals surface area contributed by atoms with Crippen molar-refractivity contribution in [2.45, 2.75) is 31.9 Å². The summed E-state index contributed by atoms with van der Waals surface area (Å²) in [5.41, 5.74) is 0.884. The molecule has 1 fully saturated rings. The highest BCUT2D eigenvalue weighted by atomic mass is 35.5. The largest absolute Gasteiger partial charge is 0.489 e. The molecule has 84 valence electrons. The zero-order chi connectivity index (χ0) is 11.4. The molecule has 4 heteroatoms. The highest BCUT2D eigenvalue weighted by Gasteiger charge is 2.20. The minimum absolute atomic E-state index is 0.312. The first-order valence-electron chi connectivity index (χ1n) is 5.28. The summed E-state index contributed by atoms with van der Waals surface area (Å²) in [6.45, 7) is 0.312. The standard InChI is InChI=1S/C12H12ClNO2/c13-11-6-9(7-14-8-15)4-5-12(11)16-10-2-1-3-10/h4-6,10H,1-3,7H2. The molecule has 0 atom stereocenters. The van der Waals surface area contributed by atoms with E-state index in [2.05, 4.69) is 4.99 Å². The number of isocyanates is 1. The van der Waals surface area contributed by atoms with Gasteiger partial charge in [-0.25, -0.2) is 9.79 Å². The number of carbonyl (C=O) groups excluding carboxylic acids is 1. The molecule has 0 N–H and O–H groups in total. The number of nitrogens with zero attached hydrogens (tertiary/aromatic N) is 1. The molecule has 2 rings (SSSR count). The average Bonchev–Trinajstić information content (AvgIpc) is 2.22. The van der Waals surface area contributed by atoms with Crippen molar-refractivity contribution in [3.05, 3.63) is 28.8 Å². The van der Waals surface area contributed by atoms with Gasteiger partial charge in [-0.1, -0.05) is 17.7 Å². The van der Waals surface area contributed by atoms with Gasteiger partial charge in [-0.3, -0.25) is 0 Å². The summed E-state index contributed by atoms with van der Waals surface area (Å²) in [6, 6.07) is 5.47. The summed E-state index contributed by atoms with van der Waals surface area (Å²) in [5.74, 6) is 0.713. The first kappa shape index (κ1) is 11.2. The molecule has 1 aliphatic carbocycles. The van der Waals surface area contributed by atoms with Crippen LogP contribution in [-0.2, 0) is 11.3 Å². The van der Waals surface area contributed by atoms with E-state index in [9.17, 15) is 4.79 Å². The Morgan fingerprint density at radius 1 is 1.50 bits per heavy atom. The molecule has 0 unspecified atom stereocenters. The van der Waals surface area contributed by atoms with Gasteiger partial charge in [-0.05, 0) is 37.0 Å². The topological polar surface area (TPSA) is 38.7 Å². The minimum Gasteiger partial charge on any atom is -0.489 e. The highest BCUT2D eigenvalue weighted by Crippen LogP contribution is 2.31. The van der Waals surface area contributed by atoms with Gasteiger partial charge in [0, 0.05) is 0 Å². The van der Waals surface area contributed by atoms with Crippen molar-refractivity contribution in [3.63, 3.8) is 0 Å². The molecule has 3 nitrogen and oxygen atoms in total. The van der Waals surface area contributed by atoms with Gasteiger partial charge >= 0.3 is 0 Å². The summed E-state index contributed by atoms with van der Waals surface area (Å²) in [4.78, 5) is 13.5. The lowest BCUT2D eigenvalue weighted by molar-refractivity contribution is 0.120. The van der Waals surface area contributed by atoms with Crippen LogP contribution in [-0.4, -0.2) is 12.2 Å². The molecule has 1 aromatic rings. The summed E-state index contributed by atoms with van der Waals surface area (Å²) in [5, 5.41) is 0.575. The smallest absolute Gasteiger partial charge is 0.235 e. The predicted molar refractivity (Wildman–Crippen MR) is 61.5 cm³/mol. The van der Waals surface area contributed by atoms with E-state index >= 15 is 0 Å². The summed E-state index contributed by atoms with van der Waals surface area (Å²) < 4.78 is 5.70. The molecule has 16 heavy (non-hydrogen) atoms. The van der Waals surface area contributed by atoms with Crippen LogP contribution in [0.3, 0.4) is 0 Å². The number of benzene rings is 1. The lowest BCUT2D eigenvalue weighted by Gasteiger charge is -2.26. The van der Waals surface area contributed by atoms with Crippen LogP contribution in [0, 0.1) is 0 Å². The molecule has 0 aromatic heterocycles. The Morgan fingerprint density at radius 3 is 2.88 bits per heavy atom. The van der Waals surface area contributed by atoms with Gasteiger partial charge in [0.25, 0.3) is 0 Å². The van der Waals surface area contributed by atoms with Crippen molar-refractivity contribution in [1.82, 2.24) is 0 Å². The second-order valence-corrected chi connectivity index (χ2v) is 4.25. The third-order valence-corrected chi connectivity index (χ3v) is 2.96. The number of hydrogen-bond donors (Lipinski definition) is 0. The molecular formula is C12H12ClNO2. The Morgan fingerprint density at radius 2 is 2.31 bits per heavy atom. The predicted octanol–water partition coefficient (Wildman–Crippen LogP) is 3.11. The van der Waals surface area contributed by atoms with Gasteiger partial charge in [0.2, 0.25) is 6.08 Å². The van der Waals surface area contributed by atoms with Crippen LogP contribution in [0.1, 0.15) is 24.8 Å².